The van der Waals surface area contributed by atoms with Crippen molar-refractivity contribution >= 4 is 27.7 Å². The van der Waals surface area contributed by atoms with Crippen molar-refractivity contribution in [1.82, 2.24) is 24.5 Å². The molecule has 0 aromatic carbocycles. The molecule has 3 aromatic rings. The molecule has 7 nitrogen and oxygen atoms in total. The van der Waals surface area contributed by atoms with Crippen molar-refractivity contribution in [2.45, 2.75) is 6.92 Å². The number of carbonyl (C=O) groups excluding carboxylic acids is 1. The molecular weight excluding hydrogens is 266 g/mol. The van der Waals surface area contributed by atoms with E-state index in [0.717, 1.165) is 0 Å². The molecule has 0 bridgehead atoms. The number of hydrogen-bond donors (Lipinski definition) is 0. The largest absolute Gasteiger partial charge is 0.461 e. The lowest BCUT2D eigenvalue weighted by atomic mass is 10.4. The molecule has 96 valence electrons. The summed E-state index contributed by atoms with van der Waals surface area (Å²) in [6.45, 7) is 2.04. The van der Waals surface area contributed by atoms with Crippen LogP contribution in [0, 0.1) is 0 Å². The van der Waals surface area contributed by atoms with Gasteiger partial charge in [0.1, 0.15) is 11.0 Å². The fourth-order valence-corrected chi connectivity index (χ4v) is 2.29. The molecule has 0 spiro atoms. The second-order valence-electron chi connectivity index (χ2n) is 3.57. The highest BCUT2D eigenvalue weighted by atomic mass is 32.1. The molecule has 0 N–H and O–H groups in total. The lowest BCUT2D eigenvalue weighted by Crippen LogP contribution is -2.11. The van der Waals surface area contributed by atoms with Crippen molar-refractivity contribution in [1.29, 1.82) is 0 Å². The van der Waals surface area contributed by atoms with Gasteiger partial charge >= 0.3 is 5.97 Å². The van der Waals surface area contributed by atoms with Crippen LogP contribution in [0.2, 0.25) is 0 Å². The van der Waals surface area contributed by atoms with Crippen LogP contribution in [0.3, 0.4) is 0 Å². The highest BCUT2D eigenvalue weighted by Gasteiger charge is 2.18. The maximum absolute atomic E-state index is 11.9. The molecule has 3 aromatic heterocycles. The summed E-state index contributed by atoms with van der Waals surface area (Å²) in [5.41, 5.74) is 2.34. The monoisotopic (exact) mass is 275 g/mol. The number of imidazole rings is 1. The minimum atomic E-state index is -0.472. The third kappa shape index (κ3) is 2.06. The SMILES string of the molecule is CCOC(=O)c1nc(-n2ccnc2)nc2ncsc12. The molecule has 3 heterocycles. The first-order chi connectivity index (χ1) is 9.29. The molecule has 0 aliphatic rings. The van der Waals surface area contributed by atoms with E-state index in [-0.39, 0.29) is 5.69 Å². The number of rotatable bonds is 3. The Morgan fingerprint density at radius 2 is 2.37 bits per heavy atom. The lowest BCUT2D eigenvalue weighted by molar-refractivity contribution is 0.0522. The van der Waals surface area contributed by atoms with Gasteiger partial charge < -0.3 is 4.74 Å². The maximum atomic E-state index is 11.9. The van der Waals surface area contributed by atoms with Crippen LogP contribution in [-0.2, 0) is 4.74 Å². The Kier molecular flexibility index (Phi) is 2.92. The Labute approximate surface area is 111 Å². The molecule has 0 fully saturated rings. The Morgan fingerprint density at radius 3 is 3.11 bits per heavy atom. The van der Waals surface area contributed by atoms with Gasteiger partial charge in [-0.25, -0.2) is 19.7 Å². The van der Waals surface area contributed by atoms with E-state index < -0.39 is 5.97 Å². The smallest absolute Gasteiger partial charge is 0.358 e. The predicted octanol–water partition coefficient (Wildman–Crippen LogP) is 1.45. The second-order valence-corrected chi connectivity index (χ2v) is 4.42. The molecule has 0 amide bonds. The van der Waals surface area contributed by atoms with Crippen LogP contribution in [0.15, 0.2) is 24.2 Å². The van der Waals surface area contributed by atoms with E-state index in [4.69, 9.17) is 4.74 Å². The van der Waals surface area contributed by atoms with Gasteiger partial charge in [0, 0.05) is 12.4 Å². The number of aromatic nitrogens is 5. The van der Waals surface area contributed by atoms with Gasteiger partial charge in [-0.2, -0.15) is 4.98 Å². The van der Waals surface area contributed by atoms with Crippen LogP contribution in [0.4, 0.5) is 0 Å². The number of carbonyl (C=O) groups is 1. The van der Waals surface area contributed by atoms with Crippen molar-refractivity contribution < 1.29 is 9.53 Å². The minimum absolute atomic E-state index is 0.234. The van der Waals surface area contributed by atoms with Crippen molar-refractivity contribution in [2.24, 2.45) is 0 Å². The van der Waals surface area contributed by atoms with E-state index in [2.05, 4.69) is 19.9 Å². The maximum Gasteiger partial charge on any atom is 0.358 e. The zero-order valence-corrected chi connectivity index (χ0v) is 10.8. The summed E-state index contributed by atoms with van der Waals surface area (Å²) in [6.07, 6.45) is 4.86. The Morgan fingerprint density at radius 1 is 1.47 bits per heavy atom. The molecule has 19 heavy (non-hydrogen) atoms. The van der Waals surface area contributed by atoms with Gasteiger partial charge in [-0.05, 0) is 6.92 Å². The molecule has 0 saturated carbocycles. The first-order valence-electron chi connectivity index (χ1n) is 5.56. The number of hydrogen-bond acceptors (Lipinski definition) is 7. The normalized spacial score (nSPS) is 10.8. The quantitative estimate of drug-likeness (QED) is 0.673. The van der Waals surface area contributed by atoms with Crippen LogP contribution in [0.1, 0.15) is 17.4 Å². The molecule has 0 aliphatic heterocycles. The van der Waals surface area contributed by atoms with Crippen LogP contribution in [0.25, 0.3) is 16.3 Å². The number of thiazole rings is 1. The predicted molar refractivity (Wildman–Crippen MR) is 68.3 cm³/mol. The van der Waals surface area contributed by atoms with Crippen molar-refractivity contribution in [3.63, 3.8) is 0 Å². The summed E-state index contributed by atoms with van der Waals surface area (Å²) in [6, 6.07) is 0. The van der Waals surface area contributed by atoms with Gasteiger partial charge in [0.05, 0.1) is 12.1 Å². The number of nitrogens with zero attached hydrogens (tertiary/aromatic N) is 5. The molecular formula is C11H9N5O2S. The van der Waals surface area contributed by atoms with Gasteiger partial charge in [0.25, 0.3) is 0 Å². The molecule has 0 radical (unpaired) electrons. The van der Waals surface area contributed by atoms with Gasteiger partial charge in [0.2, 0.25) is 5.95 Å². The van der Waals surface area contributed by atoms with Gasteiger partial charge in [-0.3, -0.25) is 4.57 Å². The summed E-state index contributed by atoms with van der Waals surface area (Å²) < 4.78 is 7.24. The fraction of sp³-hybridized carbons (Fsp3) is 0.182. The Hall–Kier alpha value is -2.35. The van der Waals surface area contributed by atoms with Crippen LogP contribution < -0.4 is 0 Å². The van der Waals surface area contributed by atoms with Crippen molar-refractivity contribution in [3.8, 4) is 5.95 Å². The average Bonchev–Trinajstić information content (AvgIpc) is 3.08. The van der Waals surface area contributed by atoms with E-state index in [0.29, 0.717) is 22.9 Å². The fourth-order valence-electron chi connectivity index (χ4n) is 1.58. The lowest BCUT2D eigenvalue weighted by Gasteiger charge is -2.04. The van der Waals surface area contributed by atoms with Gasteiger partial charge in [0.15, 0.2) is 11.3 Å². The van der Waals surface area contributed by atoms with Crippen LogP contribution in [-0.4, -0.2) is 37.1 Å². The van der Waals surface area contributed by atoms with Crippen LogP contribution in [0.5, 0.6) is 0 Å². The molecule has 0 unspecified atom stereocenters. The zero-order chi connectivity index (χ0) is 13.2. The first kappa shape index (κ1) is 11.7. The van der Waals surface area contributed by atoms with E-state index >= 15 is 0 Å². The summed E-state index contributed by atoms with van der Waals surface area (Å²) in [5.74, 6) is -0.125. The topological polar surface area (TPSA) is 82.8 Å². The van der Waals surface area contributed by atoms with Crippen molar-refractivity contribution in [3.05, 3.63) is 29.9 Å². The van der Waals surface area contributed by atoms with Gasteiger partial charge in [-0.1, -0.05) is 0 Å². The molecule has 0 aliphatic carbocycles. The number of fused-ring (bicyclic) bond motifs is 1. The Balaban J connectivity index is 2.18. The van der Waals surface area contributed by atoms with Crippen molar-refractivity contribution in [2.75, 3.05) is 6.61 Å². The minimum Gasteiger partial charge on any atom is -0.461 e. The van der Waals surface area contributed by atoms with E-state index in [1.165, 1.54) is 11.3 Å². The summed E-state index contributed by atoms with van der Waals surface area (Å²) >= 11 is 1.31. The molecule has 0 atom stereocenters. The summed E-state index contributed by atoms with van der Waals surface area (Å²) in [7, 11) is 0. The highest BCUT2D eigenvalue weighted by Crippen LogP contribution is 2.21. The molecule has 3 rings (SSSR count). The highest BCUT2D eigenvalue weighted by molar-refractivity contribution is 7.17. The van der Waals surface area contributed by atoms with Gasteiger partial charge in [-0.15, -0.1) is 11.3 Å². The zero-order valence-electron chi connectivity index (χ0n) is 9.98. The molecule has 0 saturated heterocycles. The third-order valence-corrected chi connectivity index (χ3v) is 3.21. The second kappa shape index (κ2) is 4.73. The van der Waals surface area contributed by atoms with E-state index in [1.54, 1.807) is 35.7 Å². The molecule has 8 heteroatoms. The average molecular weight is 275 g/mol. The summed E-state index contributed by atoms with van der Waals surface area (Å²) in [4.78, 5) is 28.5. The number of ether oxygens (including phenoxy) is 1. The van der Waals surface area contributed by atoms with E-state index in [9.17, 15) is 4.79 Å². The third-order valence-electron chi connectivity index (χ3n) is 2.39. The standard InChI is InChI=1S/C11H9N5O2S/c1-2-18-10(17)7-8-9(13-6-19-8)15-11(14-7)16-4-3-12-5-16/h3-6H,2H2,1H3. The van der Waals surface area contributed by atoms with Crippen LogP contribution >= 0.6 is 11.3 Å². The number of esters is 1. The van der Waals surface area contributed by atoms with E-state index in [1.807, 2.05) is 0 Å². The Bertz CT molecular complexity index is 722. The first-order valence-corrected chi connectivity index (χ1v) is 6.44. The summed E-state index contributed by atoms with van der Waals surface area (Å²) in [5, 5.41) is 0.